The molecule has 3 rings (SSSR count). The van der Waals surface area contributed by atoms with Crippen molar-refractivity contribution in [3.05, 3.63) is 81.6 Å². The summed E-state index contributed by atoms with van der Waals surface area (Å²) in [6, 6.07) is 12.4. The fourth-order valence-electron chi connectivity index (χ4n) is 2.52. The van der Waals surface area contributed by atoms with Gasteiger partial charge >= 0.3 is 0 Å². The van der Waals surface area contributed by atoms with Crippen LogP contribution in [-0.2, 0) is 11.3 Å². The highest BCUT2D eigenvalue weighted by Gasteiger charge is 2.12. The molecule has 0 N–H and O–H groups in total. The van der Waals surface area contributed by atoms with E-state index in [1.165, 1.54) is 24.3 Å². The van der Waals surface area contributed by atoms with E-state index >= 15 is 0 Å². The summed E-state index contributed by atoms with van der Waals surface area (Å²) in [5, 5.41) is 2.88. The number of carbonyl (C=O) groups excluding carboxylic acids is 1. The van der Waals surface area contributed by atoms with Crippen molar-refractivity contribution in [2.75, 3.05) is 6.61 Å². The maximum absolute atomic E-state index is 13.0. The van der Waals surface area contributed by atoms with Crippen molar-refractivity contribution in [1.82, 2.24) is 4.98 Å². The van der Waals surface area contributed by atoms with Crippen LogP contribution in [-0.4, -0.2) is 17.4 Å². The van der Waals surface area contributed by atoms with Gasteiger partial charge in [0, 0.05) is 23.1 Å². The Morgan fingerprint density at radius 1 is 1.11 bits per heavy atom. The third-order valence-corrected chi connectivity index (χ3v) is 5.00. The molecule has 1 heterocycles. The molecule has 140 valence electrons. The molecule has 0 bridgehead atoms. The molecule has 0 saturated heterocycles. The Hall–Kier alpha value is -2.57. The Bertz CT molecular complexity index is 891. The number of halogens is 1. The molecule has 6 heteroatoms. The minimum absolute atomic E-state index is 0.0227. The van der Waals surface area contributed by atoms with Crippen LogP contribution in [0, 0.1) is 5.82 Å². The van der Waals surface area contributed by atoms with Crippen LogP contribution in [0.5, 0.6) is 5.75 Å². The second kappa shape index (κ2) is 8.88. The first-order valence-electron chi connectivity index (χ1n) is 8.66. The lowest BCUT2D eigenvalue weighted by Gasteiger charge is -2.07. The van der Waals surface area contributed by atoms with E-state index < -0.39 is 0 Å². The van der Waals surface area contributed by atoms with E-state index in [0.29, 0.717) is 30.1 Å². The van der Waals surface area contributed by atoms with Crippen LogP contribution in [0.3, 0.4) is 0 Å². The highest BCUT2D eigenvalue weighted by atomic mass is 32.1. The molecule has 0 amide bonds. The average molecular weight is 385 g/mol. The number of nitrogens with zero attached hydrogens (tertiary/aromatic N) is 1. The maximum Gasteiger partial charge on any atom is 0.193 e. The smallest absolute Gasteiger partial charge is 0.193 e. The Morgan fingerprint density at radius 2 is 1.74 bits per heavy atom. The zero-order valence-electron chi connectivity index (χ0n) is 15.1. The summed E-state index contributed by atoms with van der Waals surface area (Å²) in [5.41, 5.74) is 1.81. The summed E-state index contributed by atoms with van der Waals surface area (Å²) < 4.78 is 24.3. The van der Waals surface area contributed by atoms with Crippen molar-refractivity contribution in [2.45, 2.75) is 26.6 Å². The number of hydrogen-bond donors (Lipinski definition) is 0. The fourth-order valence-corrected chi connectivity index (χ4v) is 3.33. The molecule has 0 fully saturated rings. The average Bonchev–Trinajstić information content (AvgIpc) is 3.16. The Balaban J connectivity index is 1.59. The summed E-state index contributed by atoms with van der Waals surface area (Å²) in [6.45, 7) is 4.93. The molecule has 3 aromatic rings. The van der Waals surface area contributed by atoms with E-state index in [2.05, 4.69) is 4.98 Å². The SMILES string of the molecule is CCOC(C)c1nc(COc2ccc(C(=O)c3ccc(F)cc3)cc2)cs1. The van der Waals surface area contributed by atoms with Crippen molar-refractivity contribution in [1.29, 1.82) is 0 Å². The number of rotatable bonds is 8. The van der Waals surface area contributed by atoms with Gasteiger partial charge in [-0.25, -0.2) is 9.37 Å². The van der Waals surface area contributed by atoms with Crippen molar-refractivity contribution in [2.24, 2.45) is 0 Å². The van der Waals surface area contributed by atoms with Gasteiger partial charge in [-0.2, -0.15) is 0 Å². The lowest BCUT2D eigenvalue weighted by molar-refractivity contribution is 0.0760. The molecule has 4 nitrogen and oxygen atoms in total. The van der Waals surface area contributed by atoms with Gasteiger partial charge in [-0.05, 0) is 62.4 Å². The third kappa shape index (κ3) is 4.99. The van der Waals surface area contributed by atoms with Gasteiger partial charge in [0.1, 0.15) is 29.3 Å². The first-order valence-corrected chi connectivity index (χ1v) is 9.54. The number of aromatic nitrogens is 1. The van der Waals surface area contributed by atoms with E-state index in [-0.39, 0.29) is 17.7 Å². The molecule has 0 aliphatic rings. The fraction of sp³-hybridized carbons (Fsp3) is 0.238. The largest absolute Gasteiger partial charge is 0.487 e. The van der Waals surface area contributed by atoms with Crippen LogP contribution in [0.15, 0.2) is 53.9 Å². The van der Waals surface area contributed by atoms with Crippen molar-refractivity contribution >= 4 is 17.1 Å². The predicted molar refractivity (Wildman–Crippen MR) is 103 cm³/mol. The monoisotopic (exact) mass is 385 g/mol. The van der Waals surface area contributed by atoms with Crippen LogP contribution >= 0.6 is 11.3 Å². The summed E-state index contributed by atoms with van der Waals surface area (Å²) in [4.78, 5) is 16.9. The molecule has 0 aliphatic carbocycles. The van der Waals surface area contributed by atoms with E-state index in [9.17, 15) is 9.18 Å². The number of thiazole rings is 1. The summed E-state index contributed by atoms with van der Waals surface area (Å²) in [6.07, 6.45) is -0.0227. The quantitative estimate of drug-likeness (QED) is 0.501. The van der Waals surface area contributed by atoms with Crippen LogP contribution in [0.1, 0.15) is 46.6 Å². The molecular weight excluding hydrogens is 365 g/mol. The van der Waals surface area contributed by atoms with Gasteiger partial charge in [-0.1, -0.05) is 0 Å². The first kappa shape index (κ1) is 19.2. The van der Waals surface area contributed by atoms with Crippen molar-refractivity contribution in [3.63, 3.8) is 0 Å². The summed E-state index contributed by atoms with van der Waals surface area (Å²) in [7, 11) is 0. The molecule has 1 unspecified atom stereocenters. The minimum Gasteiger partial charge on any atom is -0.487 e. The number of ether oxygens (including phenoxy) is 2. The van der Waals surface area contributed by atoms with Gasteiger partial charge in [0.25, 0.3) is 0 Å². The van der Waals surface area contributed by atoms with E-state index in [4.69, 9.17) is 9.47 Å². The highest BCUT2D eigenvalue weighted by molar-refractivity contribution is 7.09. The standard InChI is InChI=1S/C21H20FNO3S/c1-3-25-14(2)21-23-18(13-27-21)12-26-19-10-6-16(7-11-19)20(24)15-4-8-17(22)9-5-15/h4-11,13-14H,3,12H2,1-2H3. The van der Waals surface area contributed by atoms with Crippen LogP contribution in [0.4, 0.5) is 4.39 Å². The lowest BCUT2D eigenvalue weighted by atomic mass is 10.0. The van der Waals surface area contributed by atoms with E-state index in [1.807, 2.05) is 19.2 Å². The van der Waals surface area contributed by atoms with Crippen molar-refractivity contribution in [3.8, 4) is 5.75 Å². The topological polar surface area (TPSA) is 48.4 Å². The predicted octanol–water partition coefficient (Wildman–Crippen LogP) is 5.19. The van der Waals surface area contributed by atoms with Crippen molar-refractivity contribution < 1.29 is 18.7 Å². The van der Waals surface area contributed by atoms with Crippen LogP contribution in [0.2, 0.25) is 0 Å². The number of hydrogen-bond acceptors (Lipinski definition) is 5. The summed E-state index contributed by atoms with van der Waals surface area (Å²) in [5.74, 6) is 0.129. The zero-order chi connectivity index (χ0) is 19.2. The van der Waals surface area contributed by atoms with Gasteiger partial charge in [-0.15, -0.1) is 11.3 Å². The summed E-state index contributed by atoms with van der Waals surface area (Å²) >= 11 is 1.55. The molecule has 0 spiro atoms. The zero-order valence-corrected chi connectivity index (χ0v) is 16.0. The molecule has 0 saturated carbocycles. The molecule has 2 aromatic carbocycles. The molecular formula is C21H20FNO3S. The first-order chi connectivity index (χ1) is 13.1. The number of ketones is 1. The maximum atomic E-state index is 13.0. The highest BCUT2D eigenvalue weighted by Crippen LogP contribution is 2.22. The minimum atomic E-state index is -0.365. The normalized spacial score (nSPS) is 12.0. The number of carbonyl (C=O) groups is 1. The van der Waals surface area contributed by atoms with Gasteiger partial charge in [-0.3, -0.25) is 4.79 Å². The second-order valence-corrected chi connectivity index (χ2v) is 6.81. The third-order valence-electron chi connectivity index (χ3n) is 3.94. The molecule has 27 heavy (non-hydrogen) atoms. The molecule has 1 atom stereocenters. The Morgan fingerprint density at radius 3 is 2.37 bits per heavy atom. The lowest BCUT2D eigenvalue weighted by Crippen LogP contribution is -2.02. The van der Waals surface area contributed by atoms with E-state index in [0.717, 1.165) is 10.7 Å². The van der Waals surface area contributed by atoms with Gasteiger partial charge < -0.3 is 9.47 Å². The van der Waals surface area contributed by atoms with Gasteiger partial charge in [0.2, 0.25) is 0 Å². The Labute approximate surface area is 161 Å². The molecule has 0 radical (unpaired) electrons. The molecule has 0 aliphatic heterocycles. The van der Waals surface area contributed by atoms with E-state index in [1.54, 1.807) is 35.6 Å². The van der Waals surface area contributed by atoms with Gasteiger partial charge in [0.15, 0.2) is 5.78 Å². The Kier molecular flexibility index (Phi) is 6.32. The number of benzene rings is 2. The van der Waals surface area contributed by atoms with Crippen LogP contribution in [0.25, 0.3) is 0 Å². The molecule has 1 aromatic heterocycles. The van der Waals surface area contributed by atoms with Crippen LogP contribution < -0.4 is 4.74 Å². The van der Waals surface area contributed by atoms with Gasteiger partial charge in [0.05, 0.1) is 5.69 Å². The second-order valence-electron chi connectivity index (χ2n) is 5.92.